The van der Waals surface area contributed by atoms with Gasteiger partial charge in [-0.25, -0.2) is 13.2 Å². The van der Waals surface area contributed by atoms with Crippen molar-refractivity contribution in [3.05, 3.63) is 95.1 Å². The third-order valence-corrected chi connectivity index (χ3v) is 8.20. The van der Waals surface area contributed by atoms with Gasteiger partial charge in [0.05, 0.1) is 6.04 Å². The van der Waals surface area contributed by atoms with E-state index in [0.717, 1.165) is 55.7 Å². The Labute approximate surface area is 261 Å². The van der Waals surface area contributed by atoms with Gasteiger partial charge in [-0.05, 0) is 83.5 Å². The van der Waals surface area contributed by atoms with Crippen molar-refractivity contribution in [3.63, 3.8) is 0 Å². The number of nitrogens with one attached hydrogen (secondary N) is 4. The molecule has 1 aliphatic rings. The number of rotatable bonds is 9. The quantitative estimate of drug-likeness (QED) is 0.180. The number of benzene rings is 3. The summed E-state index contributed by atoms with van der Waals surface area (Å²) < 4.78 is 66.8. The summed E-state index contributed by atoms with van der Waals surface area (Å²) in [6, 6.07) is 15.3. The van der Waals surface area contributed by atoms with Crippen molar-refractivity contribution in [2.45, 2.75) is 43.0 Å². The Morgan fingerprint density at radius 3 is 2.24 bits per heavy atom. The summed E-state index contributed by atoms with van der Waals surface area (Å²) in [5.74, 6) is -1.41. The molecular weight excluding hydrogens is 627 g/mol. The lowest BCUT2D eigenvalue weighted by molar-refractivity contribution is -0.275. The predicted octanol–water partition coefficient (Wildman–Crippen LogP) is 5.62. The second kappa shape index (κ2) is 13.4. The highest BCUT2D eigenvalue weighted by atomic mass is 32.2. The van der Waals surface area contributed by atoms with Crippen LogP contribution in [0.3, 0.4) is 0 Å². The van der Waals surface area contributed by atoms with Crippen LogP contribution in [0.2, 0.25) is 0 Å². The molecule has 0 radical (unpaired) electrons. The fourth-order valence-electron chi connectivity index (χ4n) is 4.95. The number of aromatic nitrogens is 4. The van der Waals surface area contributed by atoms with Crippen LogP contribution in [0.25, 0.3) is 5.57 Å². The predicted molar refractivity (Wildman–Crippen MR) is 162 cm³/mol. The molecule has 1 unspecified atom stereocenters. The summed E-state index contributed by atoms with van der Waals surface area (Å²) in [5.41, 5.74) is 3.81. The van der Waals surface area contributed by atoms with Gasteiger partial charge in [-0.15, -0.1) is 18.3 Å². The van der Waals surface area contributed by atoms with Crippen molar-refractivity contribution >= 4 is 39.0 Å². The maximum absolute atomic E-state index is 13.2. The zero-order valence-electron chi connectivity index (χ0n) is 24.3. The SMILES string of the molecule is CS(=O)(=O)c1cc(NC(=O)NC(c2ccc(C(=O)Nc3nn[nH]n3)cc2)c2ccc(C3=CCCCC3)cc2)ccc1OC(F)(F)F. The van der Waals surface area contributed by atoms with Crippen LogP contribution in [0.5, 0.6) is 5.75 Å². The van der Waals surface area contributed by atoms with Crippen molar-refractivity contribution in [3.8, 4) is 5.75 Å². The molecular formula is C30H28F3N7O5S. The molecule has 1 heterocycles. The zero-order chi connectivity index (χ0) is 32.9. The summed E-state index contributed by atoms with van der Waals surface area (Å²) in [5, 5.41) is 20.8. The molecule has 1 atom stereocenters. The Morgan fingerprint density at radius 1 is 0.957 bits per heavy atom. The molecule has 3 amide bonds. The molecule has 0 aliphatic heterocycles. The van der Waals surface area contributed by atoms with Crippen LogP contribution in [0.15, 0.2) is 77.7 Å². The van der Waals surface area contributed by atoms with Crippen LogP contribution in [0.4, 0.5) is 29.6 Å². The number of H-pyrrole nitrogens is 1. The Kier molecular flexibility index (Phi) is 9.36. The third kappa shape index (κ3) is 8.26. The number of alkyl halides is 3. The Hall–Kier alpha value is -5.25. The lowest BCUT2D eigenvalue weighted by atomic mass is 9.91. The van der Waals surface area contributed by atoms with Gasteiger partial charge in [-0.1, -0.05) is 47.6 Å². The molecule has 3 aromatic carbocycles. The summed E-state index contributed by atoms with van der Waals surface area (Å²) in [6.07, 6.45) is 2.06. The number of aromatic amines is 1. The number of carbonyl (C=O) groups excluding carboxylic acids is 2. The summed E-state index contributed by atoms with van der Waals surface area (Å²) >= 11 is 0. The first-order chi connectivity index (χ1) is 21.9. The van der Waals surface area contributed by atoms with Crippen LogP contribution >= 0.6 is 0 Å². The van der Waals surface area contributed by atoms with Gasteiger partial charge in [0.25, 0.3) is 11.9 Å². The number of anilines is 2. The third-order valence-electron chi connectivity index (χ3n) is 7.08. The molecule has 1 aliphatic carbocycles. The molecule has 12 nitrogen and oxygen atoms in total. The standard InChI is InChI=1S/C30H28F3N7O5S/c1-46(43,44)25-17-23(15-16-24(25)45-30(31,32)33)34-29(42)35-26(20-9-7-19(8-10-20)18-5-3-2-4-6-18)21-11-13-22(14-12-21)27(41)36-28-37-39-40-38-28/h5,7-17,26H,2-4,6H2,1H3,(H2,34,35,42)(H2,36,37,38,39,40,41). The topological polar surface area (TPSA) is 168 Å². The number of ether oxygens (including phenoxy) is 1. The largest absolute Gasteiger partial charge is 0.573 e. The summed E-state index contributed by atoms with van der Waals surface area (Å²) in [7, 11) is -4.16. The van der Waals surface area contributed by atoms with Crippen molar-refractivity contribution < 1.29 is 35.9 Å². The van der Waals surface area contributed by atoms with Gasteiger partial charge in [0.2, 0.25) is 0 Å². The molecule has 0 saturated heterocycles. The average molecular weight is 656 g/mol. The Bertz CT molecular complexity index is 1850. The van der Waals surface area contributed by atoms with Crippen molar-refractivity contribution in [1.82, 2.24) is 25.9 Å². The number of carbonyl (C=O) groups is 2. The van der Waals surface area contributed by atoms with Crippen LogP contribution in [-0.2, 0) is 9.84 Å². The molecule has 0 saturated carbocycles. The van der Waals surface area contributed by atoms with Crippen molar-refractivity contribution in [1.29, 1.82) is 0 Å². The van der Waals surface area contributed by atoms with Gasteiger partial charge in [-0.3, -0.25) is 10.1 Å². The first-order valence-corrected chi connectivity index (χ1v) is 15.9. The first kappa shape index (κ1) is 32.2. The highest BCUT2D eigenvalue weighted by Gasteiger charge is 2.33. The molecule has 0 bridgehead atoms. The van der Waals surface area contributed by atoms with Gasteiger partial charge >= 0.3 is 12.4 Å². The number of hydrogen-bond acceptors (Lipinski definition) is 8. The number of tetrazole rings is 1. The van der Waals surface area contributed by atoms with E-state index in [-0.39, 0.29) is 17.2 Å². The first-order valence-electron chi connectivity index (χ1n) is 14.0. The smallest absolute Gasteiger partial charge is 0.404 e. The molecule has 0 fully saturated rings. The molecule has 16 heteroatoms. The number of nitrogens with zero attached hydrogens (tertiary/aromatic N) is 3. The Morgan fingerprint density at radius 2 is 1.65 bits per heavy atom. The number of hydrogen-bond donors (Lipinski definition) is 4. The second-order valence-corrected chi connectivity index (χ2v) is 12.4. The van der Waals surface area contributed by atoms with E-state index in [9.17, 15) is 31.2 Å². The number of sulfone groups is 1. The Balaban J connectivity index is 1.40. The van der Waals surface area contributed by atoms with Crippen LogP contribution in [0, 0.1) is 0 Å². The fourth-order valence-corrected chi connectivity index (χ4v) is 5.76. The van der Waals surface area contributed by atoms with Crippen LogP contribution in [-0.4, -0.2) is 53.6 Å². The van der Waals surface area contributed by atoms with Gasteiger partial charge in [-0.2, -0.15) is 5.21 Å². The highest BCUT2D eigenvalue weighted by Crippen LogP contribution is 2.33. The lowest BCUT2D eigenvalue weighted by Crippen LogP contribution is -2.33. The van der Waals surface area contributed by atoms with E-state index in [1.807, 2.05) is 24.3 Å². The van der Waals surface area contributed by atoms with E-state index in [1.165, 1.54) is 5.57 Å². The monoisotopic (exact) mass is 655 g/mol. The number of allylic oxidation sites excluding steroid dienone is 2. The molecule has 4 N–H and O–H groups in total. The minimum atomic E-state index is -5.12. The van der Waals surface area contributed by atoms with E-state index in [2.05, 4.69) is 47.4 Å². The molecule has 5 rings (SSSR count). The minimum Gasteiger partial charge on any atom is -0.404 e. The lowest BCUT2D eigenvalue weighted by Gasteiger charge is -2.22. The molecule has 1 aromatic heterocycles. The molecule has 4 aromatic rings. The van der Waals surface area contributed by atoms with Crippen LogP contribution < -0.4 is 20.7 Å². The van der Waals surface area contributed by atoms with E-state index >= 15 is 0 Å². The average Bonchev–Trinajstić information content (AvgIpc) is 3.53. The van der Waals surface area contributed by atoms with E-state index < -0.39 is 44.8 Å². The maximum Gasteiger partial charge on any atom is 0.573 e. The second-order valence-electron chi connectivity index (χ2n) is 10.4. The molecule has 46 heavy (non-hydrogen) atoms. The zero-order valence-corrected chi connectivity index (χ0v) is 25.1. The minimum absolute atomic E-state index is 0.00417. The molecule has 240 valence electrons. The van der Waals surface area contributed by atoms with Crippen LogP contribution in [0.1, 0.15) is 58.8 Å². The van der Waals surface area contributed by atoms with Gasteiger partial charge in [0.1, 0.15) is 10.6 Å². The highest BCUT2D eigenvalue weighted by molar-refractivity contribution is 7.90. The van der Waals surface area contributed by atoms with E-state index in [0.29, 0.717) is 11.1 Å². The van der Waals surface area contributed by atoms with E-state index in [4.69, 9.17) is 0 Å². The van der Waals surface area contributed by atoms with Gasteiger partial charge in [0.15, 0.2) is 9.84 Å². The maximum atomic E-state index is 13.2. The summed E-state index contributed by atoms with van der Waals surface area (Å²) in [4.78, 5) is 25.1. The van der Waals surface area contributed by atoms with Crippen molar-refractivity contribution in [2.75, 3.05) is 16.9 Å². The number of urea groups is 1. The number of amides is 3. The fraction of sp³-hybridized carbons (Fsp3) is 0.233. The molecule has 0 spiro atoms. The van der Waals surface area contributed by atoms with E-state index in [1.54, 1.807) is 24.3 Å². The van der Waals surface area contributed by atoms with Gasteiger partial charge in [0, 0.05) is 17.5 Å². The van der Waals surface area contributed by atoms with Crippen molar-refractivity contribution in [2.24, 2.45) is 0 Å². The van der Waals surface area contributed by atoms with Gasteiger partial charge < -0.3 is 15.4 Å². The normalized spacial score (nSPS) is 14.1. The summed E-state index contributed by atoms with van der Waals surface area (Å²) in [6.45, 7) is 0. The number of halogens is 3.